The number of thiazole rings is 1. The highest BCUT2D eigenvalue weighted by Crippen LogP contribution is 2.20. The van der Waals surface area contributed by atoms with Crippen LogP contribution in [0.2, 0.25) is 0 Å². The highest BCUT2D eigenvalue weighted by Gasteiger charge is 1.98. The molecule has 0 aliphatic rings. The zero-order chi connectivity index (χ0) is 11.5. The molecule has 0 unspecified atom stereocenters. The van der Waals surface area contributed by atoms with Crippen LogP contribution in [0, 0.1) is 11.8 Å². The first-order valence-electron chi connectivity index (χ1n) is 5.22. The topological polar surface area (TPSA) is 30.7 Å². The van der Waals surface area contributed by atoms with E-state index in [0.29, 0.717) is 6.54 Å². The fraction of sp³-hybridized carbons (Fsp3) is 0.0769. The summed E-state index contributed by atoms with van der Waals surface area (Å²) in [6, 6.07) is 8.08. The summed E-state index contributed by atoms with van der Waals surface area (Å²) >= 11 is 1.62. The second-order valence-corrected chi connectivity index (χ2v) is 4.55. The maximum absolute atomic E-state index is 4.45. The average Bonchev–Trinajstić information content (AvgIpc) is 2.96. The van der Waals surface area contributed by atoms with Crippen LogP contribution in [0.3, 0.4) is 0 Å². The van der Waals surface area contributed by atoms with Crippen LogP contribution < -0.4 is 0 Å². The van der Waals surface area contributed by atoms with Crippen molar-refractivity contribution in [1.82, 2.24) is 14.5 Å². The van der Waals surface area contributed by atoms with E-state index in [4.69, 9.17) is 0 Å². The van der Waals surface area contributed by atoms with Gasteiger partial charge in [0.2, 0.25) is 0 Å². The van der Waals surface area contributed by atoms with Gasteiger partial charge in [-0.25, -0.2) is 9.97 Å². The number of fused-ring (bicyclic) bond motifs is 1. The fourth-order valence-corrected chi connectivity index (χ4v) is 2.35. The SMILES string of the molecule is C(#Cc1nc2ccccc2s1)Cn1ccnc1. The Labute approximate surface area is 103 Å². The average molecular weight is 239 g/mol. The zero-order valence-corrected chi connectivity index (χ0v) is 9.81. The second-order valence-electron chi connectivity index (χ2n) is 3.52. The molecule has 0 saturated heterocycles. The number of para-hydroxylation sites is 1. The normalized spacial score (nSPS) is 10.1. The number of aromatic nitrogens is 3. The smallest absolute Gasteiger partial charge is 0.168 e. The molecule has 2 heterocycles. The number of imidazole rings is 1. The molecule has 4 heteroatoms. The number of rotatable bonds is 1. The monoisotopic (exact) mass is 239 g/mol. The quantitative estimate of drug-likeness (QED) is 0.611. The van der Waals surface area contributed by atoms with Gasteiger partial charge in [-0.3, -0.25) is 0 Å². The lowest BCUT2D eigenvalue weighted by Gasteiger charge is -1.89. The fourth-order valence-electron chi connectivity index (χ4n) is 1.51. The number of benzene rings is 1. The van der Waals surface area contributed by atoms with Crippen LogP contribution in [0.15, 0.2) is 43.0 Å². The van der Waals surface area contributed by atoms with E-state index in [1.54, 1.807) is 23.9 Å². The van der Waals surface area contributed by atoms with Crippen LogP contribution in [-0.4, -0.2) is 14.5 Å². The number of hydrogen-bond donors (Lipinski definition) is 0. The summed E-state index contributed by atoms with van der Waals surface area (Å²) in [4.78, 5) is 8.42. The summed E-state index contributed by atoms with van der Waals surface area (Å²) in [6.45, 7) is 0.649. The van der Waals surface area contributed by atoms with E-state index in [9.17, 15) is 0 Å². The van der Waals surface area contributed by atoms with Crippen LogP contribution >= 0.6 is 11.3 Å². The van der Waals surface area contributed by atoms with E-state index >= 15 is 0 Å². The minimum atomic E-state index is 0.649. The Balaban J connectivity index is 1.83. The predicted molar refractivity (Wildman–Crippen MR) is 68.7 cm³/mol. The third-order valence-corrected chi connectivity index (χ3v) is 3.26. The second kappa shape index (κ2) is 4.40. The van der Waals surface area contributed by atoms with Crippen LogP contribution in [0.4, 0.5) is 0 Å². The van der Waals surface area contributed by atoms with Gasteiger partial charge >= 0.3 is 0 Å². The molecular weight excluding hydrogens is 230 g/mol. The first-order valence-corrected chi connectivity index (χ1v) is 6.04. The molecule has 17 heavy (non-hydrogen) atoms. The molecule has 3 nitrogen and oxygen atoms in total. The molecule has 82 valence electrons. The van der Waals surface area contributed by atoms with Crippen molar-refractivity contribution in [2.45, 2.75) is 6.54 Å². The van der Waals surface area contributed by atoms with Gasteiger partial charge in [-0.2, -0.15) is 0 Å². The van der Waals surface area contributed by atoms with Gasteiger partial charge in [0, 0.05) is 12.4 Å². The predicted octanol–water partition coefficient (Wildman–Crippen LogP) is 2.54. The van der Waals surface area contributed by atoms with E-state index in [2.05, 4.69) is 27.9 Å². The third-order valence-electron chi connectivity index (χ3n) is 2.31. The van der Waals surface area contributed by atoms with Crippen molar-refractivity contribution in [2.75, 3.05) is 0 Å². The Hall–Kier alpha value is -2.12. The molecule has 1 aromatic carbocycles. The highest BCUT2D eigenvalue weighted by molar-refractivity contribution is 7.19. The minimum absolute atomic E-state index is 0.649. The maximum atomic E-state index is 4.45. The van der Waals surface area contributed by atoms with Crippen molar-refractivity contribution in [2.24, 2.45) is 0 Å². The van der Waals surface area contributed by atoms with Gasteiger partial charge in [0.25, 0.3) is 0 Å². The van der Waals surface area contributed by atoms with Crippen LogP contribution in [-0.2, 0) is 6.54 Å². The number of nitrogens with zero attached hydrogens (tertiary/aromatic N) is 3. The lowest BCUT2D eigenvalue weighted by atomic mass is 10.3. The van der Waals surface area contributed by atoms with Crippen molar-refractivity contribution in [1.29, 1.82) is 0 Å². The Morgan fingerprint density at radius 3 is 3.06 bits per heavy atom. The Morgan fingerprint density at radius 1 is 1.29 bits per heavy atom. The van der Waals surface area contributed by atoms with E-state index in [-0.39, 0.29) is 0 Å². The van der Waals surface area contributed by atoms with Gasteiger partial charge < -0.3 is 4.57 Å². The molecule has 0 aliphatic heterocycles. The third kappa shape index (κ3) is 2.19. The van der Waals surface area contributed by atoms with E-state index in [1.165, 1.54) is 4.70 Å². The molecule has 3 aromatic rings. The van der Waals surface area contributed by atoms with Gasteiger partial charge in [0.15, 0.2) is 5.01 Å². The summed E-state index contributed by atoms with van der Waals surface area (Å²) < 4.78 is 3.11. The molecule has 0 bridgehead atoms. The molecule has 0 N–H and O–H groups in total. The highest BCUT2D eigenvalue weighted by atomic mass is 32.1. The van der Waals surface area contributed by atoms with Gasteiger partial charge in [0.1, 0.15) is 0 Å². The molecule has 0 amide bonds. The van der Waals surface area contributed by atoms with Crippen LogP contribution in [0.25, 0.3) is 10.2 Å². The van der Waals surface area contributed by atoms with Crippen LogP contribution in [0.5, 0.6) is 0 Å². The largest absolute Gasteiger partial charge is 0.326 e. The Morgan fingerprint density at radius 2 is 2.24 bits per heavy atom. The van der Waals surface area contributed by atoms with Crippen molar-refractivity contribution in [3.05, 3.63) is 48.0 Å². The van der Waals surface area contributed by atoms with Crippen molar-refractivity contribution in [3.63, 3.8) is 0 Å². The lowest BCUT2D eigenvalue weighted by Crippen LogP contribution is -1.89. The zero-order valence-electron chi connectivity index (χ0n) is 9.00. The van der Waals surface area contributed by atoms with Crippen molar-refractivity contribution >= 4 is 21.6 Å². The summed E-state index contributed by atoms with van der Waals surface area (Å²) in [6.07, 6.45) is 5.40. The maximum Gasteiger partial charge on any atom is 0.168 e. The number of hydrogen-bond acceptors (Lipinski definition) is 3. The lowest BCUT2D eigenvalue weighted by molar-refractivity contribution is 0.840. The summed E-state index contributed by atoms with van der Waals surface area (Å²) in [5.74, 6) is 6.17. The van der Waals surface area contributed by atoms with Crippen LogP contribution in [0.1, 0.15) is 5.01 Å². The first-order chi connectivity index (χ1) is 8.42. The van der Waals surface area contributed by atoms with Gasteiger partial charge in [-0.1, -0.05) is 18.1 Å². The summed E-state index contributed by atoms with van der Waals surface area (Å²) in [5.41, 5.74) is 1.02. The Bertz CT molecular complexity index is 653. The molecule has 0 spiro atoms. The van der Waals surface area contributed by atoms with E-state index in [0.717, 1.165) is 10.5 Å². The summed E-state index contributed by atoms with van der Waals surface area (Å²) in [7, 11) is 0. The molecule has 0 atom stereocenters. The molecule has 0 radical (unpaired) electrons. The van der Waals surface area contributed by atoms with Crippen molar-refractivity contribution < 1.29 is 0 Å². The summed E-state index contributed by atoms with van der Waals surface area (Å²) in [5, 5.41) is 0.867. The van der Waals surface area contributed by atoms with Gasteiger partial charge in [0.05, 0.1) is 23.1 Å². The molecule has 0 fully saturated rings. The first kappa shape index (κ1) is 10.1. The molecule has 0 saturated carbocycles. The standard InChI is InChI=1S/C13H9N3S/c1-2-5-12-11(4-1)15-13(17-12)6-3-8-16-9-7-14-10-16/h1-2,4-5,7,9-10H,8H2. The Kier molecular flexibility index (Phi) is 2.60. The molecule has 2 aromatic heterocycles. The van der Waals surface area contributed by atoms with E-state index < -0.39 is 0 Å². The molecule has 0 aliphatic carbocycles. The molecule has 3 rings (SSSR count). The molecular formula is C13H9N3S. The van der Waals surface area contributed by atoms with Gasteiger partial charge in [-0.05, 0) is 18.1 Å². The van der Waals surface area contributed by atoms with E-state index in [1.807, 2.05) is 29.0 Å². The van der Waals surface area contributed by atoms with Crippen molar-refractivity contribution in [3.8, 4) is 11.8 Å². The minimum Gasteiger partial charge on any atom is -0.326 e. The van der Waals surface area contributed by atoms with Gasteiger partial charge in [-0.15, -0.1) is 11.3 Å².